The number of alkyl halides is 1. The van der Waals surface area contributed by atoms with Crippen LogP contribution in [0.15, 0.2) is 11.1 Å². The second-order valence-corrected chi connectivity index (χ2v) is 5.83. The van der Waals surface area contributed by atoms with Gasteiger partial charge in [0.15, 0.2) is 6.19 Å². The third-order valence-electron chi connectivity index (χ3n) is 4.38. The van der Waals surface area contributed by atoms with E-state index in [0.29, 0.717) is 5.96 Å². The quantitative estimate of drug-likeness (QED) is 0.390. The second kappa shape index (κ2) is 7.26. The summed E-state index contributed by atoms with van der Waals surface area (Å²) in [5.41, 5.74) is 6.89. The summed E-state index contributed by atoms with van der Waals surface area (Å²) in [5, 5.41) is 14.5. The van der Waals surface area contributed by atoms with E-state index in [2.05, 4.69) is 42.5 Å². The first-order valence-corrected chi connectivity index (χ1v) is 7.67. The lowest BCUT2D eigenvalue weighted by Gasteiger charge is -2.29. The summed E-state index contributed by atoms with van der Waals surface area (Å²) >= 11 is 0. The molecule has 1 aliphatic rings. The van der Waals surface area contributed by atoms with Crippen molar-refractivity contribution >= 4 is 5.96 Å². The van der Waals surface area contributed by atoms with Crippen molar-refractivity contribution in [1.29, 1.82) is 5.26 Å². The highest BCUT2D eigenvalue weighted by Crippen LogP contribution is 2.29. The van der Waals surface area contributed by atoms with Crippen LogP contribution < -0.4 is 10.6 Å². The molecule has 1 unspecified atom stereocenters. The van der Waals surface area contributed by atoms with Gasteiger partial charge in [-0.3, -0.25) is 5.32 Å². The molecular formula is C17H23FN4. The summed E-state index contributed by atoms with van der Waals surface area (Å²) in [7, 11) is 0. The zero-order valence-electron chi connectivity index (χ0n) is 13.5. The summed E-state index contributed by atoms with van der Waals surface area (Å²) in [5.74, 6) is 0.371. The molecule has 4 nitrogen and oxygen atoms in total. The molecule has 0 saturated heterocycles. The SMILES string of the molecule is Cc1cc(C)c2c(c1C)CC(NC(=NCCF)NC#N)CC2. The van der Waals surface area contributed by atoms with Crippen molar-refractivity contribution < 1.29 is 4.39 Å². The van der Waals surface area contributed by atoms with Crippen LogP contribution in [0, 0.1) is 32.2 Å². The molecule has 0 amide bonds. The van der Waals surface area contributed by atoms with Gasteiger partial charge in [0.05, 0.1) is 6.54 Å². The van der Waals surface area contributed by atoms with Crippen LogP contribution >= 0.6 is 0 Å². The monoisotopic (exact) mass is 302 g/mol. The summed E-state index contributed by atoms with van der Waals surface area (Å²) < 4.78 is 12.3. The van der Waals surface area contributed by atoms with E-state index in [1.165, 1.54) is 27.8 Å². The molecule has 2 N–H and O–H groups in total. The fourth-order valence-corrected chi connectivity index (χ4v) is 3.16. The van der Waals surface area contributed by atoms with Crippen molar-refractivity contribution in [1.82, 2.24) is 10.6 Å². The Hall–Kier alpha value is -2.09. The van der Waals surface area contributed by atoms with Crippen LogP contribution in [0.5, 0.6) is 0 Å². The fourth-order valence-electron chi connectivity index (χ4n) is 3.16. The number of guanidine groups is 1. The van der Waals surface area contributed by atoms with Crippen LogP contribution in [0.25, 0.3) is 0 Å². The lowest BCUT2D eigenvalue weighted by molar-refractivity contribution is 0.498. The molecule has 5 heteroatoms. The smallest absolute Gasteiger partial charge is 0.205 e. The Morgan fingerprint density at radius 1 is 1.36 bits per heavy atom. The Kier molecular flexibility index (Phi) is 5.37. The van der Waals surface area contributed by atoms with Gasteiger partial charge in [-0.15, -0.1) is 0 Å². The topological polar surface area (TPSA) is 60.2 Å². The second-order valence-electron chi connectivity index (χ2n) is 5.83. The average molecular weight is 302 g/mol. The first-order valence-electron chi connectivity index (χ1n) is 7.67. The number of hydrogen-bond acceptors (Lipinski definition) is 2. The molecule has 1 aromatic rings. The van der Waals surface area contributed by atoms with Gasteiger partial charge in [0.1, 0.15) is 6.67 Å². The number of nitrogens with zero attached hydrogens (tertiary/aromatic N) is 2. The lowest BCUT2D eigenvalue weighted by Crippen LogP contribution is -2.44. The molecular weight excluding hydrogens is 279 g/mol. The van der Waals surface area contributed by atoms with Crippen molar-refractivity contribution in [3.05, 3.63) is 33.9 Å². The average Bonchev–Trinajstić information content (AvgIpc) is 2.50. The number of benzene rings is 1. The van der Waals surface area contributed by atoms with E-state index in [-0.39, 0.29) is 12.6 Å². The molecule has 1 aromatic carbocycles. The minimum atomic E-state index is -0.525. The van der Waals surface area contributed by atoms with Crippen molar-refractivity contribution in [2.75, 3.05) is 13.2 Å². The molecule has 1 atom stereocenters. The van der Waals surface area contributed by atoms with Crippen molar-refractivity contribution in [2.45, 2.75) is 46.1 Å². The van der Waals surface area contributed by atoms with Gasteiger partial charge in [0.2, 0.25) is 5.96 Å². The van der Waals surface area contributed by atoms with Gasteiger partial charge in [0.25, 0.3) is 0 Å². The maximum Gasteiger partial charge on any atom is 0.205 e. The van der Waals surface area contributed by atoms with Gasteiger partial charge < -0.3 is 5.32 Å². The lowest BCUT2D eigenvalue weighted by atomic mass is 9.82. The van der Waals surface area contributed by atoms with E-state index < -0.39 is 6.67 Å². The van der Waals surface area contributed by atoms with Gasteiger partial charge in [-0.25, -0.2) is 9.38 Å². The third-order valence-corrected chi connectivity index (χ3v) is 4.38. The molecule has 1 aliphatic carbocycles. The van der Waals surface area contributed by atoms with Gasteiger partial charge in [-0.1, -0.05) is 6.07 Å². The first kappa shape index (κ1) is 16.3. The number of rotatable bonds is 3. The van der Waals surface area contributed by atoms with Gasteiger partial charge in [0, 0.05) is 6.04 Å². The number of aryl methyl sites for hydroxylation is 2. The highest BCUT2D eigenvalue weighted by Gasteiger charge is 2.23. The van der Waals surface area contributed by atoms with Crippen LogP contribution in [-0.4, -0.2) is 25.2 Å². The van der Waals surface area contributed by atoms with E-state index >= 15 is 0 Å². The van der Waals surface area contributed by atoms with Crippen LogP contribution in [-0.2, 0) is 12.8 Å². The maximum absolute atomic E-state index is 12.3. The van der Waals surface area contributed by atoms with Crippen LogP contribution in [0.1, 0.15) is 34.2 Å². The summed E-state index contributed by atoms with van der Waals surface area (Å²) in [6.07, 6.45) is 4.76. The number of hydrogen-bond donors (Lipinski definition) is 2. The zero-order valence-corrected chi connectivity index (χ0v) is 13.5. The highest BCUT2D eigenvalue weighted by molar-refractivity contribution is 5.81. The Morgan fingerprint density at radius 2 is 2.14 bits per heavy atom. The van der Waals surface area contributed by atoms with Gasteiger partial charge in [-0.05, 0) is 67.9 Å². The van der Waals surface area contributed by atoms with E-state index in [4.69, 9.17) is 5.26 Å². The molecule has 0 radical (unpaired) electrons. The van der Waals surface area contributed by atoms with Gasteiger partial charge >= 0.3 is 0 Å². The van der Waals surface area contributed by atoms with Crippen LogP contribution in [0.3, 0.4) is 0 Å². The Morgan fingerprint density at radius 3 is 2.82 bits per heavy atom. The third kappa shape index (κ3) is 3.56. The molecule has 2 rings (SSSR count). The highest BCUT2D eigenvalue weighted by atomic mass is 19.1. The predicted molar refractivity (Wildman–Crippen MR) is 86.6 cm³/mol. The number of nitriles is 1. The summed E-state index contributed by atoms with van der Waals surface area (Å²) in [4.78, 5) is 4.04. The molecule has 0 spiro atoms. The molecule has 0 saturated carbocycles. The van der Waals surface area contributed by atoms with E-state index in [9.17, 15) is 4.39 Å². The van der Waals surface area contributed by atoms with E-state index in [1.807, 2.05) is 6.19 Å². The molecule has 118 valence electrons. The predicted octanol–water partition coefficient (Wildman–Crippen LogP) is 2.45. The molecule has 0 heterocycles. The van der Waals surface area contributed by atoms with Crippen molar-refractivity contribution in [2.24, 2.45) is 4.99 Å². The number of nitrogens with one attached hydrogen (secondary N) is 2. The largest absolute Gasteiger partial charge is 0.352 e. The molecule has 0 aromatic heterocycles. The minimum absolute atomic E-state index is 0.0670. The minimum Gasteiger partial charge on any atom is -0.352 e. The number of halogens is 1. The Bertz CT molecular complexity index is 616. The maximum atomic E-state index is 12.3. The first-order chi connectivity index (χ1) is 10.6. The standard InChI is InChI=1S/C17H23FN4/c1-11-8-12(2)15-5-4-14(9-16(15)13(11)3)22-17(21-10-19)20-7-6-18/h8,14H,4-7,9H2,1-3H3,(H2,20,21,22). The summed E-state index contributed by atoms with van der Waals surface area (Å²) in [6.45, 7) is 6.03. The molecule has 0 bridgehead atoms. The Labute approximate surface area is 131 Å². The van der Waals surface area contributed by atoms with Crippen molar-refractivity contribution in [3.8, 4) is 6.19 Å². The molecule has 0 aliphatic heterocycles. The van der Waals surface area contributed by atoms with Crippen LogP contribution in [0.2, 0.25) is 0 Å². The van der Waals surface area contributed by atoms with E-state index in [1.54, 1.807) is 0 Å². The summed E-state index contributed by atoms with van der Waals surface area (Å²) in [6, 6.07) is 2.47. The fraction of sp³-hybridized carbons (Fsp3) is 0.529. The normalized spacial score (nSPS) is 17.6. The number of aliphatic imine (C=N–C) groups is 1. The van der Waals surface area contributed by atoms with E-state index in [0.717, 1.165) is 19.3 Å². The molecule has 22 heavy (non-hydrogen) atoms. The van der Waals surface area contributed by atoms with Gasteiger partial charge in [-0.2, -0.15) is 5.26 Å². The molecule has 0 fully saturated rings. The Balaban J connectivity index is 2.16. The number of fused-ring (bicyclic) bond motifs is 1. The van der Waals surface area contributed by atoms with Crippen LogP contribution in [0.4, 0.5) is 4.39 Å². The van der Waals surface area contributed by atoms with Crippen molar-refractivity contribution in [3.63, 3.8) is 0 Å². The zero-order chi connectivity index (χ0) is 16.1.